The number of nitrogens with one attached hydrogen (secondary N) is 1. The maximum Gasteiger partial charge on any atom is 0.387 e. The molecule has 1 aliphatic heterocycles. The number of sulfonamides is 1. The molecule has 0 unspecified atom stereocenters. The number of amidine groups is 1. The van der Waals surface area contributed by atoms with Crippen molar-refractivity contribution in [2.24, 2.45) is 4.40 Å². The SMILES string of the molecule is CNC1=NS(=O)(=O)c2cccc(OC(F)F)c21. The number of benzene rings is 1. The van der Waals surface area contributed by atoms with Crippen molar-refractivity contribution in [1.29, 1.82) is 0 Å². The van der Waals surface area contributed by atoms with Gasteiger partial charge < -0.3 is 10.1 Å². The zero-order valence-electron chi connectivity index (χ0n) is 8.65. The summed E-state index contributed by atoms with van der Waals surface area (Å²) in [4.78, 5) is -0.139. The van der Waals surface area contributed by atoms with Crippen molar-refractivity contribution in [3.8, 4) is 5.75 Å². The monoisotopic (exact) mass is 262 g/mol. The van der Waals surface area contributed by atoms with Gasteiger partial charge in [0, 0.05) is 7.05 Å². The van der Waals surface area contributed by atoms with Gasteiger partial charge in [-0.15, -0.1) is 4.40 Å². The van der Waals surface area contributed by atoms with Crippen molar-refractivity contribution >= 4 is 15.9 Å². The third-order valence-corrected chi connectivity index (χ3v) is 3.49. The van der Waals surface area contributed by atoms with E-state index in [1.54, 1.807) is 0 Å². The molecule has 0 fully saturated rings. The molecule has 0 atom stereocenters. The molecule has 1 N–H and O–H groups in total. The highest BCUT2D eigenvalue weighted by Crippen LogP contribution is 2.33. The molecule has 1 aliphatic rings. The molecule has 2 rings (SSSR count). The molecule has 0 bridgehead atoms. The summed E-state index contributed by atoms with van der Waals surface area (Å²) in [5, 5.41) is 2.54. The molecular weight excluding hydrogens is 254 g/mol. The van der Waals surface area contributed by atoms with Crippen LogP contribution in [0.25, 0.3) is 0 Å². The largest absolute Gasteiger partial charge is 0.434 e. The van der Waals surface area contributed by atoms with Crippen LogP contribution < -0.4 is 10.1 Å². The minimum absolute atomic E-state index is 0.00347. The third kappa shape index (κ3) is 1.95. The van der Waals surface area contributed by atoms with E-state index in [0.29, 0.717) is 0 Å². The normalized spacial score (nSPS) is 16.6. The highest BCUT2D eigenvalue weighted by molar-refractivity contribution is 7.90. The van der Waals surface area contributed by atoms with Gasteiger partial charge in [0.05, 0.1) is 5.56 Å². The first-order valence-corrected chi connectivity index (χ1v) is 6.00. The van der Waals surface area contributed by atoms with E-state index in [9.17, 15) is 17.2 Å². The zero-order chi connectivity index (χ0) is 12.6. The van der Waals surface area contributed by atoms with Crippen molar-refractivity contribution in [1.82, 2.24) is 5.32 Å². The molecule has 0 aliphatic carbocycles. The number of ether oxygens (including phenoxy) is 1. The number of hydrogen-bond acceptors (Lipinski definition) is 4. The smallest absolute Gasteiger partial charge is 0.387 e. The molecule has 5 nitrogen and oxygen atoms in total. The quantitative estimate of drug-likeness (QED) is 0.861. The van der Waals surface area contributed by atoms with Crippen molar-refractivity contribution < 1.29 is 21.9 Å². The van der Waals surface area contributed by atoms with Crippen LogP contribution in [0.5, 0.6) is 5.75 Å². The molecular formula is C9H8F2N2O3S. The average molecular weight is 262 g/mol. The highest BCUT2D eigenvalue weighted by Gasteiger charge is 2.32. The molecule has 0 aromatic heterocycles. The summed E-state index contributed by atoms with van der Waals surface area (Å²) in [7, 11) is -2.38. The minimum Gasteiger partial charge on any atom is -0.434 e. The maximum atomic E-state index is 12.2. The summed E-state index contributed by atoms with van der Waals surface area (Å²) >= 11 is 0. The second kappa shape index (κ2) is 3.95. The van der Waals surface area contributed by atoms with Gasteiger partial charge in [0.2, 0.25) is 0 Å². The molecule has 0 amide bonds. The third-order valence-electron chi connectivity index (χ3n) is 2.17. The lowest BCUT2D eigenvalue weighted by molar-refractivity contribution is -0.0501. The predicted molar refractivity (Wildman–Crippen MR) is 55.9 cm³/mol. The lowest BCUT2D eigenvalue weighted by Gasteiger charge is -2.09. The van der Waals surface area contributed by atoms with E-state index in [-0.39, 0.29) is 22.0 Å². The van der Waals surface area contributed by atoms with Crippen molar-refractivity contribution in [3.63, 3.8) is 0 Å². The lowest BCUT2D eigenvalue weighted by atomic mass is 10.2. The van der Waals surface area contributed by atoms with Gasteiger partial charge in [-0.1, -0.05) is 6.07 Å². The molecule has 1 aromatic rings. The van der Waals surface area contributed by atoms with Crippen LogP contribution in [-0.4, -0.2) is 27.9 Å². The van der Waals surface area contributed by atoms with Crippen LogP contribution in [0.1, 0.15) is 5.56 Å². The van der Waals surface area contributed by atoms with E-state index >= 15 is 0 Å². The Morgan fingerprint density at radius 2 is 2.12 bits per heavy atom. The Bertz CT molecular complexity index is 584. The molecule has 8 heteroatoms. The van der Waals surface area contributed by atoms with Crippen LogP contribution in [0.3, 0.4) is 0 Å². The Hall–Kier alpha value is -1.70. The van der Waals surface area contributed by atoms with Gasteiger partial charge in [0.15, 0.2) is 5.84 Å². The Morgan fingerprint density at radius 3 is 2.71 bits per heavy atom. The van der Waals surface area contributed by atoms with Crippen LogP contribution in [0.15, 0.2) is 27.5 Å². The first-order valence-electron chi connectivity index (χ1n) is 4.56. The highest BCUT2D eigenvalue weighted by atomic mass is 32.2. The fourth-order valence-corrected chi connectivity index (χ4v) is 2.77. The fourth-order valence-electron chi connectivity index (χ4n) is 1.54. The van der Waals surface area contributed by atoms with Crippen LogP contribution in [0.4, 0.5) is 8.78 Å². The topological polar surface area (TPSA) is 67.8 Å². The summed E-state index contributed by atoms with van der Waals surface area (Å²) in [6.45, 7) is -3.03. The van der Waals surface area contributed by atoms with E-state index in [1.807, 2.05) is 0 Å². The van der Waals surface area contributed by atoms with Gasteiger partial charge in [0.25, 0.3) is 10.0 Å². The van der Waals surface area contributed by atoms with E-state index in [0.717, 1.165) is 0 Å². The summed E-state index contributed by atoms with van der Waals surface area (Å²) in [6.07, 6.45) is 0. The Morgan fingerprint density at radius 1 is 1.41 bits per heavy atom. The minimum atomic E-state index is -3.82. The van der Waals surface area contributed by atoms with E-state index in [2.05, 4.69) is 14.5 Å². The van der Waals surface area contributed by atoms with Gasteiger partial charge in [-0.2, -0.15) is 17.2 Å². The van der Waals surface area contributed by atoms with E-state index in [1.165, 1.54) is 25.2 Å². The molecule has 92 valence electrons. The van der Waals surface area contributed by atoms with Crippen LogP contribution in [0, 0.1) is 0 Å². The Balaban J connectivity index is 2.63. The number of hydrogen-bond donors (Lipinski definition) is 1. The number of fused-ring (bicyclic) bond motifs is 1. The summed E-state index contributed by atoms with van der Waals surface area (Å²) < 4.78 is 55.2. The average Bonchev–Trinajstić information content (AvgIpc) is 2.51. The first kappa shape index (κ1) is 11.8. The number of rotatable bonds is 2. The molecule has 0 spiro atoms. The van der Waals surface area contributed by atoms with Gasteiger partial charge >= 0.3 is 6.61 Å². The molecule has 0 saturated heterocycles. The second-order valence-electron chi connectivity index (χ2n) is 3.17. The van der Waals surface area contributed by atoms with Crippen LogP contribution in [-0.2, 0) is 10.0 Å². The Labute approximate surface area is 96.2 Å². The van der Waals surface area contributed by atoms with Gasteiger partial charge in [-0.25, -0.2) is 0 Å². The van der Waals surface area contributed by atoms with Gasteiger partial charge in [0.1, 0.15) is 10.6 Å². The number of nitrogens with zero attached hydrogens (tertiary/aromatic N) is 1. The summed E-state index contributed by atoms with van der Waals surface area (Å²) in [6, 6.07) is 3.87. The molecule has 17 heavy (non-hydrogen) atoms. The van der Waals surface area contributed by atoms with Crippen molar-refractivity contribution in [2.45, 2.75) is 11.5 Å². The van der Waals surface area contributed by atoms with Gasteiger partial charge in [-0.05, 0) is 12.1 Å². The molecule has 0 radical (unpaired) electrons. The zero-order valence-corrected chi connectivity index (χ0v) is 9.46. The fraction of sp³-hybridized carbons (Fsp3) is 0.222. The predicted octanol–water partition coefficient (Wildman–Crippen LogP) is 0.956. The maximum absolute atomic E-state index is 12.2. The second-order valence-corrected chi connectivity index (χ2v) is 4.75. The number of halogens is 2. The molecule has 0 saturated carbocycles. The van der Waals surface area contributed by atoms with Crippen LogP contribution in [0.2, 0.25) is 0 Å². The molecule has 1 heterocycles. The summed E-state index contributed by atoms with van der Waals surface area (Å²) in [5.74, 6) is -0.220. The summed E-state index contributed by atoms with van der Waals surface area (Å²) in [5.41, 5.74) is 0.0373. The Kier molecular flexibility index (Phi) is 2.74. The standard InChI is InChI=1S/C9H8F2N2O3S/c1-12-8-7-5(16-9(10)11)3-2-4-6(7)17(14,15)13-8/h2-4,9H,1H3,(H,12,13). The lowest BCUT2D eigenvalue weighted by Crippen LogP contribution is -2.19. The van der Waals surface area contributed by atoms with Gasteiger partial charge in [-0.3, -0.25) is 0 Å². The number of alkyl halides is 2. The van der Waals surface area contributed by atoms with E-state index < -0.39 is 16.6 Å². The molecule has 1 aromatic carbocycles. The first-order chi connectivity index (χ1) is 7.95. The van der Waals surface area contributed by atoms with E-state index in [4.69, 9.17) is 0 Å². The van der Waals surface area contributed by atoms with Crippen molar-refractivity contribution in [2.75, 3.05) is 7.05 Å². The van der Waals surface area contributed by atoms with Crippen LogP contribution >= 0.6 is 0 Å². The van der Waals surface area contributed by atoms with Crippen molar-refractivity contribution in [3.05, 3.63) is 23.8 Å².